The molecule has 0 unspecified atom stereocenters. The van der Waals surface area contributed by atoms with Gasteiger partial charge >= 0.3 is 0 Å². The van der Waals surface area contributed by atoms with Crippen LogP contribution in [0.15, 0.2) is 22.5 Å². The summed E-state index contributed by atoms with van der Waals surface area (Å²) in [6.07, 6.45) is 2.68. The molecular weight excluding hydrogens is 280 g/mol. The van der Waals surface area contributed by atoms with Crippen LogP contribution in [0.3, 0.4) is 0 Å². The molecule has 118 valence electrons. The molecule has 4 nitrogen and oxygen atoms in total. The highest BCUT2D eigenvalue weighted by atomic mass is 32.1. The van der Waals surface area contributed by atoms with E-state index in [1.807, 2.05) is 0 Å². The average Bonchev–Trinajstić information content (AvgIpc) is 3.00. The smallest absolute Gasteiger partial charge is 0.191 e. The summed E-state index contributed by atoms with van der Waals surface area (Å²) < 4.78 is 0. The van der Waals surface area contributed by atoms with Crippen molar-refractivity contribution in [3.8, 4) is 0 Å². The first kappa shape index (κ1) is 16.3. The van der Waals surface area contributed by atoms with Crippen molar-refractivity contribution < 1.29 is 0 Å². The molecule has 0 aliphatic carbocycles. The number of nitrogens with one attached hydrogen (secondary N) is 2. The molecule has 0 saturated carbocycles. The molecule has 0 aromatic carbocycles. The minimum Gasteiger partial charge on any atom is -0.357 e. The minimum absolute atomic E-state index is 0.758. The summed E-state index contributed by atoms with van der Waals surface area (Å²) in [7, 11) is 0. The van der Waals surface area contributed by atoms with Gasteiger partial charge in [0.05, 0.1) is 6.54 Å². The predicted octanol–water partition coefficient (Wildman–Crippen LogP) is 2.54. The van der Waals surface area contributed by atoms with Crippen LogP contribution in [0.4, 0.5) is 0 Å². The number of nitrogens with zero attached hydrogens (tertiary/aromatic N) is 2. The van der Waals surface area contributed by atoms with Crippen molar-refractivity contribution in [1.82, 2.24) is 15.5 Å². The maximum atomic E-state index is 4.64. The largest absolute Gasteiger partial charge is 0.357 e. The first-order valence-corrected chi connectivity index (χ1v) is 8.92. The fourth-order valence-electron chi connectivity index (χ4n) is 2.52. The van der Waals surface area contributed by atoms with E-state index in [0.717, 1.165) is 38.1 Å². The van der Waals surface area contributed by atoms with Gasteiger partial charge in [0.2, 0.25) is 0 Å². The standard InChI is InChI=1S/C16H28N4S/c1-3-17-16(19-13-15-5-4-12-21-15)18-8-11-20-9-6-14(2)7-10-20/h4-5,12,14H,3,6-11,13H2,1-2H3,(H2,17,18,19). The van der Waals surface area contributed by atoms with Crippen LogP contribution in [0.1, 0.15) is 31.6 Å². The van der Waals surface area contributed by atoms with Crippen LogP contribution in [-0.4, -0.2) is 43.6 Å². The number of rotatable bonds is 6. The third-order valence-corrected chi connectivity index (χ3v) is 4.78. The lowest BCUT2D eigenvalue weighted by atomic mass is 9.99. The molecule has 2 rings (SSSR count). The number of hydrogen-bond acceptors (Lipinski definition) is 3. The zero-order valence-corrected chi connectivity index (χ0v) is 14.1. The molecule has 5 heteroatoms. The molecule has 1 aliphatic heterocycles. The van der Waals surface area contributed by atoms with Gasteiger partial charge in [-0.3, -0.25) is 0 Å². The van der Waals surface area contributed by atoms with Crippen LogP contribution >= 0.6 is 11.3 Å². The van der Waals surface area contributed by atoms with E-state index in [2.05, 4.69) is 51.9 Å². The lowest BCUT2D eigenvalue weighted by Gasteiger charge is -2.30. The van der Waals surface area contributed by atoms with E-state index >= 15 is 0 Å². The van der Waals surface area contributed by atoms with Crippen molar-refractivity contribution >= 4 is 17.3 Å². The van der Waals surface area contributed by atoms with Crippen LogP contribution in [0.2, 0.25) is 0 Å². The van der Waals surface area contributed by atoms with Gasteiger partial charge in [-0.1, -0.05) is 13.0 Å². The van der Waals surface area contributed by atoms with Crippen LogP contribution in [0, 0.1) is 5.92 Å². The molecule has 0 spiro atoms. The normalized spacial score (nSPS) is 17.9. The quantitative estimate of drug-likeness (QED) is 0.627. The maximum absolute atomic E-state index is 4.64. The monoisotopic (exact) mass is 308 g/mol. The molecule has 1 aliphatic rings. The van der Waals surface area contributed by atoms with E-state index in [1.165, 1.54) is 30.8 Å². The van der Waals surface area contributed by atoms with Crippen molar-refractivity contribution in [1.29, 1.82) is 0 Å². The lowest BCUT2D eigenvalue weighted by molar-refractivity contribution is 0.195. The van der Waals surface area contributed by atoms with E-state index in [-0.39, 0.29) is 0 Å². The second kappa shape index (κ2) is 9.05. The molecule has 0 bridgehead atoms. The van der Waals surface area contributed by atoms with Crippen molar-refractivity contribution in [3.05, 3.63) is 22.4 Å². The predicted molar refractivity (Wildman–Crippen MR) is 92.0 cm³/mol. The van der Waals surface area contributed by atoms with Gasteiger partial charge in [0.1, 0.15) is 0 Å². The summed E-state index contributed by atoms with van der Waals surface area (Å²) >= 11 is 1.76. The third kappa shape index (κ3) is 6.06. The van der Waals surface area contributed by atoms with E-state index in [4.69, 9.17) is 0 Å². The first-order chi connectivity index (χ1) is 10.3. The zero-order chi connectivity index (χ0) is 14.9. The molecule has 21 heavy (non-hydrogen) atoms. The highest BCUT2D eigenvalue weighted by Crippen LogP contribution is 2.15. The number of aliphatic imine (C=N–C) groups is 1. The Morgan fingerprint density at radius 1 is 1.38 bits per heavy atom. The number of thiophene rings is 1. The van der Waals surface area contributed by atoms with Crippen LogP contribution in [0.5, 0.6) is 0 Å². The first-order valence-electron chi connectivity index (χ1n) is 8.05. The number of likely N-dealkylation sites (tertiary alicyclic amines) is 1. The Morgan fingerprint density at radius 2 is 2.19 bits per heavy atom. The SMILES string of the molecule is CCNC(=NCc1cccs1)NCCN1CCC(C)CC1. The van der Waals surface area contributed by atoms with Gasteiger partial charge in [-0.15, -0.1) is 11.3 Å². The molecule has 0 amide bonds. The van der Waals surface area contributed by atoms with E-state index in [9.17, 15) is 0 Å². The Bertz CT molecular complexity index is 408. The highest BCUT2D eigenvalue weighted by Gasteiger charge is 2.14. The van der Waals surface area contributed by atoms with E-state index in [0.29, 0.717) is 0 Å². The van der Waals surface area contributed by atoms with E-state index < -0.39 is 0 Å². The van der Waals surface area contributed by atoms with Crippen molar-refractivity contribution in [2.75, 3.05) is 32.7 Å². The maximum Gasteiger partial charge on any atom is 0.191 e. The van der Waals surface area contributed by atoms with Gasteiger partial charge in [0.25, 0.3) is 0 Å². The van der Waals surface area contributed by atoms with Gasteiger partial charge in [-0.05, 0) is 50.2 Å². The average molecular weight is 308 g/mol. The molecule has 2 N–H and O–H groups in total. The van der Waals surface area contributed by atoms with Gasteiger partial charge in [0, 0.05) is 24.5 Å². The molecule has 1 aromatic rings. The van der Waals surface area contributed by atoms with Gasteiger partial charge in [-0.2, -0.15) is 0 Å². The van der Waals surface area contributed by atoms with Crippen LogP contribution in [-0.2, 0) is 6.54 Å². The molecule has 2 heterocycles. The van der Waals surface area contributed by atoms with Crippen molar-refractivity contribution in [3.63, 3.8) is 0 Å². The summed E-state index contributed by atoms with van der Waals surface area (Å²) in [6.45, 7) is 10.7. The summed E-state index contributed by atoms with van der Waals surface area (Å²) in [5.41, 5.74) is 0. The van der Waals surface area contributed by atoms with Crippen LogP contribution in [0.25, 0.3) is 0 Å². The molecular formula is C16H28N4S. The Balaban J connectivity index is 1.70. The third-order valence-electron chi connectivity index (χ3n) is 3.91. The van der Waals surface area contributed by atoms with Crippen LogP contribution < -0.4 is 10.6 Å². The zero-order valence-electron chi connectivity index (χ0n) is 13.3. The molecule has 1 saturated heterocycles. The Kier molecular flexibility index (Phi) is 7.03. The molecule has 1 fully saturated rings. The lowest BCUT2D eigenvalue weighted by Crippen LogP contribution is -2.43. The Labute approximate surface area is 132 Å². The number of guanidine groups is 1. The number of hydrogen-bond donors (Lipinski definition) is 2. The molecule has 0 radical (unpaired) electrons. The second-order valence-corrected chi connectivity index (χ2v) is 6.76. The summed E-state index contributed by atoms with van der Waals surface area (Å²) in [4.78, 5) is 8.49. The van der Waals surface area contributed by atoms with Gasteiger partial charge < -0.3 is 15.5 Å². The topological polar surface area (TPSA) is 39.7 Å². The fourth-order valence-corrected chi connectivity index (χ4v) is 3.15. The van der Waals surface area contributed by atoms with Gasteiger partial charge in [-0.25, -0.2) is 4.99 Å². The molecule has 1 aromatic heterocycles. The highest BCUT2D eigenvalue weighted by molar-refractivity contribution is 7.09. The van der Waals surface area contributed by atoms with Gasteiger partial charge in [0.15, 0.2) is 5.96 Å². The van der Waals surface area contributed by atoms with Crippen molar-refractivity contribution in [2.45, 2.75) is 33.2 Å². The Hall–Kier alpha value is -1.07. The summed E-state index contributed by atoms with van der Waals surface area (Å²) in [6, 6.07) is 4.21. The summed E-state index contributed by atoms with van der Waals surface area (Å²) in [5.74, 6) is 1.83. The summed E-state index contributed by atoms with van der Waals surface area (Å²) in [5, 5.41) is 8.86. The second-order valence-electron chi connectivity index (χ2n) is 5.73. The molecule has 0 atom stereocenters. The fraction of sp³-hybridized carbons (Fsp3) is 0.688. The minimum atomic E-state index is 0.758. The van der Waals surface area contributed by atoms with E-state index in [1.54, 1.807) is 11.3 Å². The Morgan fingerprint density at radius 3 is 2.86 bits per heavy atom. The van der Waals surface area contributed by atoms with Crippen molar-refractivity contribution in [2.24, 2.45) is 10.9 Å². The number of piperidine rings is 1.